The third-order valence-electron chi connectivity index (χ3n) is 10.5. The maximum absolute atomic E-state index is 12.8. The van der Waals surface area contributed by atoms with Crippen molar-refractivity contribution < 1.29 is 63.1 Å². The second-order valence-corrected chi connectivity index (χ2v) is 17.3. The van der Waals surface area contributed by atoms with Gasteiger partial charge in [0.05, 0.1) is 6.61 Å². The minimum atomic E-state index is -5.12. The van der Waals surface area contributed by atoms with E-state index in [1.54, 1.807) is 0 Å². The zero-order chi connectivity index (χ0) is 43.6. The number of esters is 2. The molecule has 0 aliphatic heterocycles. The number of rotatable bonds is 37. The molecule has 1 aliphatic carbocycles. The molecule has 0 amide bonds. The van der Waals surface area contributed by atoms with Gasteiger partial charge in [0.25, 0.3) is 0 Å². The van der Waals surface area contributed by atoms with E-state index >= 15 is 0 Å². The van der Waals surface area contributed by atoms with Crippen LogP contribution in [0.4, 0.5) is 0 Å². The Morgan fingerprint density at radius 1 is 0.525 bits per heavy atom. The van der Waals surface area contributed by atoms with Gasteiger partial charge in [0.15, 0.2) is 6.10 Å². The van der Waals surface area contributed by atoms with E-state index in [4.69, 9.17) is 18.5 Å². The van der Waals surface area contributed by atoms with Crippen molar-refractivity contribution in [3.8, 4) is 0 Å². The van der Waals surface area contributed by atoms with Gasteiger partial charge in [-0.05, 0) is 64.2 Å². The quantitative estimate of drug-likeness (QED) is 0.0114. The van der Waals surface area contributed by atoms with E-state index in [0.29, 0.717) is 12.8 Å². The summed E-state index contributed by atoms with van der Waals surface area (Å²) in [6, 6.07) is 0. The van der Waals surface area contributed by atoms with Gasteiger partial charge < -0.3 is 39.9 Å². The molecule has 1 saturated carbocycles. The van der Waals surface area contributed by atoms with Gasteiger partial charge in [-0.1, -0.05) is 140 Å². The van der Waals surface area contributed by atoms with Crippen molar-refractivity contribution in [3.05, 3.63) is 36.5 Å². The Balaban J connectivity index is 2.49. The Labute approximate surface area is 355 Å². The number of ether oxygens (including phenoxy) is 2. The molecule has 0 spiro atoms. The lowest BCUT2D eigenvalue weighted by atomic mass is 9.85. The lowest BCUT2D eigenvalue weighted by Crippen LogP contribution is -2.64. The first kappa shape index (κ1) is 55.1. The van der Waals surface area contributed by atoms with Crippen molar-refractivity contribution in [1.29, 1.82) is 0 Å². The van der Waals surface area contributed by atoms with Crippen LogP contribution in [-0.4, -0.2) is 98.3 Å². The topological polar surface area (TPSA) is 210 Å². The van der Waals surface area contributed by atoms with E-state index in [0.717, 1.165) is 64.2 Å². The van der Waals surface area contributed by atoms with Crippen LogP contribution in [0.5, 0.6) is 0 Å². The number of unbranched alkanes of at least 4 members (excludes halogenated alkanes) is 20. The Bertz CT molecular complexity index is 1180. The molecule has 0 radical (unpaired) electrons. The van der Waals surface area contributed by atoms with Crippen LogP contribution in [0.25, 0.3) is 0 Å². The summed E-state index contributed by atoms with van der Waals surface area (Å²) in [5.74, 6) is -1.13. The highest BCUT2D eigenvalue weighted by molar-refractivity contribution is 7.47. The highest BCUT2D eigenvalue weighted by Crippen LogP contribution is 2.47. The minimum absolute atomic E-state index is 0.0733. The van der Waals surface area contributed by atoms with Gasteiger partial charge in [0.2, 0.25) is 0 Å². The first-order valence-electron chi connectivity index (χ1n) is 22.8. The lowest BCUT2D eigenvalue weighted by molar-refractivity contribution is -0.220. The molecular formula is C45H81O13P. The molecule has 0 saturated heterocycles. The standard InChI is InChI=1S/C45H81O13P/c1-3-5-7-9-11-13-15-17-19-21-23-25-27-29-31-33-38(46)55-35-37(36-56-59(53,54)58-45-43(51)41(49)40(48)42(50)44(45)52)57-39(47)34-32-30-28-26-24-22-20-18-16-14-12-10-8-6-4-2/h13,15,17,19,22,24,37,40-45,48-52H,3-12,14,16,18,20-21,23,25-36H2,1-2H3,(H,53,54)/b15-13+,19-17+,24-22+/t37-,40?,41-,42?,43?,44?,45?/m1/s1. The summed E-state index contributed by atoms with van der Waals surface area (Å²) in [6.45, 7) is 3.24. The number of hydrogen-bond acceptors (Lipinski definition) is 12. The zero-order valence-electron chi connectivity index (χ0n) is 36.3. The van der Waals surface area contributed by atoms with Gasteiger partial charge in [0.1, 0.15) is 43.2 Å². The molecule has 6 N–H and O–H groups in total. The molecule has 1 aliphatic rings. The summed E-state index contributed by atoms with van der Waals surface area (Å²) < 4.78 is 33.5. The zero-order valence-corrected chi connectivity index (χ0v) is 37.2. The van der Waals surface area contributed by atoms with Crippen LogP contribution in [0.1, 0.15) is 181 Å². The van der Waals surface area contributed by atoms with Crippen molar-refractivity contribution in [2.75, 3.05) is 13.2 Å². The average molecular weight is 861 g/mol. The van der Waals surface area contributed by atoms with Crippen LogP contribution in [-0.2, 0) is 32.7 Å². The first-order valence-corrected chi connectivity index (χ1v) is 24.3. The summed E-state index contributed by atoms with van der Waals surface area (Å²) in [5, 5.41) is 50.1. The SMILES string of the molecule is CCCCCC/C=C/C=C/CCCCCCCC(=O)OC[C@H](COP(=O)(O)OC1C(O)C(O)C(O)[C@@H](O)C1O)OC(=O)CCCCC/C=C/CCCCCCCCCC. The van der Waals surface area contributed by atoms with Gasteiger partial charge in [-0.15, -0.1) is 0 Å². The van der Waals surface area contributed by atoms with Crippen molar-refractivity contribution in [2.45, 2.75) is 224 Å². The molecule has 14 heteroatoms. The number of carbonyl (C=O) groups is 2. The predicted octanol–water partition coefficient (Wildman–Crippen LogP) is 8.61. The number of phosphoric ester groups is 1. The Morgan fingerprint density at radius 2 is 0.915 bits per heavy atom. The van der Waals surface area contributed by atoms with Crippen LogP contribution in [0, 0.1) is 0 Å². The fraction of sp³-hybridized carbons (Fsp3) is 0.822. The van der Waals surface area contributed by atoms with E-state index in [2.05, 4.69) is 50.3 Å². The van der Waals surface area contributed by atoms with Gasteiger partial charge in [0, 0.05) is 12.8 Å². The average Bonchev–Trinajstić information content (AvgIpc) is 3.21. The molecule has 0 aromatic rings. The lowest BCUT2D eigenvalue weighted by Gasteiger charge is -2.41. The molecule has 59 heavy (non-hydrogen) atoms. The fourth-order valence-corrected chi connectivity index (χ4v) is 7.72. The number of aliphatic hydroxyl groups is 5. The molecule has 6 unspecified atom stereocenters. The monoisotopic (exact) mass is 861 g/mol. The van der Waals surface area contributed by atoms with Crippen LogP contribution >= 0.6 is 7.82 Å². The molecule has 1 rings (SSSR count). The summed E-state index contributed by atoms with van der Waals surface area (Å²) in [7, 11) is -5.12. The summed E-state index contributed by atoms with van der Waals surface area (Å²) in [5.41, 5.74) is 0. The third kappa shape index (κ3) is 28.3. The molecule has 13 nitrogen and oxygen atoms in total. The van der Waals surface area contributed by atoms with Crippen LogP contribution < -0.4 is 0 Å². The number of carbonyl (C=O) groups excluding carboxylic acids is 2. The first-order chi connectivity index (χ1) is 28.4. The molecule has 0 bridgehead atoms. The molecule has 0 aromatic carbocycles. The number of phosphoric acid groups is 1. The summed E-state index contributed by atoms with van der Waals surface area (Å²) in [4.78, 5) is 35.6. The summed E-state index contributed by atoms with van der Waals surface area (Å²) >= 11 is 0. The van der Waals surface area contributed by atoms with Crippen molar-refractivity contribution in [3.63, 3.8) is 0 Å². The van der Waals surface area contributed by atoms with Crippen molar-refractivity contribution in [1.82, 2.24) is 0 Å². The Morgan fingerprint density at radius 3 is 1.42 bits per heavy atom. The molecule has 0 aromatic heterocycles. The van der Waals surface area contributed by atoms with Gasteiger partial charge in [-0.25, -0.2) is 4.57 Å². The van der Waals surface area contributed by atoms with Crippen molar-refractivity contribution in [2.24, 2.45) is 0 Å². The normalized spacial score (nSPS) is 22.6. The van der Waals surface area contributed by atoms with E-state index < -0.39 is 75.7 Å². The largest absolute Gasteiger partial charge is 0.472 e. The second kappa shape index (κ2) is 35.6. The van der Waals surface area contributed by atoms with Gasteiger partial charge in [-0.3, -0.25) is 18.6 Å². The van der Waals surface area contributed by atoms with Crippen LogP contribution in [0.3, 0.4) is 0 Å². The van der Waals surface area contributed by atoms with E-state index in [1.165, 1.54) is 77.0 Å². The maximum atomic E-state index is 12.8. The summed E-state index contributed by atoms with van der Waals surface area (Å²) in [6.07, 6.45) is 26.3. The predicted molar refractivity (Wildman–Crippen MR) is 230 cm³/mol. The van der Waals surface area contributed by atoms with Crippen molar-refractivity contribution >= 4 is 19.8 Å². The number of aliphatic hydroxyl groups excluding tert-OH is 5. The number of allylic oxidation sites excluding steroid dienone is 6. The molecular weight excluding hydrogens is 779 g/mol. The van der Waals surface area contributed by atoms with Crippen LogP contribution in [0.15, 0.2) is 36.5 Å². The molecule has 1 fully saturated rings. The maximum Gasteiger partial charge on any atom is 0.472 e. The number of hydrogen-bond donors (Lipinski definition) is 6. The minimum Gasteiger partial charge on any atom is -0.462 e. The Kier molecular flexibility index (Phi) is 33.3. The molecule has 8 atom stereocenters. The molecule has 344 valence electrons. The van der Waals surface area contributed by atoms with E-state index in [1.807, 2.05) is 0 Å². The van der Waals surface area contributed by atoms with Gasteiger partial charge >= 0.3 is 19.8 Å². The van der Waals surface area contributed by atoms with E-state index in [9.17, 15) is 44.6 Å². The highest BCUT2D eigenvalue weighted by Gasteiger charge is 2.51. The second-order valence-electron chi connectivity index (χ2n) is 15.9. The van der Waals surface area contributed by atoms with Gasteiger partial charge in [-0.2, -0.15) is 0 Å². The highest BCUT2D eigenvalue weighted by atomic mass is 31.2. The smallest absolute Gasteiger partial charge is 0.462 e. The Hall–Kier alpha value is -1.93. The fourth-order valence-electron chi connectivity index (χ4n) is 6.74. The van der Waals surface area contributed by atoms with Crippen LogP contribution in [0.2, 0.25) is 0 Å². The third-order valence-corrected chi connectivity index (χ3v) is 11.5. The molecule has 0 heterocycles. The van der Waals surface area contributed by atoms with E-state index in [-0.39, 0.29) is 12.8 Å².